The van der Waals surface area contributed by atoms with Crippen molar-refractivity contribution < 1.29 is 14.6 Å². The number of hydrogen-bond donors (Lipinski definition) is 1. The Labute approximate surface area is 142 Å². The summed E-state index contributed by atoms with van der Waals surface area (Å²) in [5.74, 6) is 0.319. The lowest BCUT2D eigenvalue weighted by molar-refractivity contribution is 0.0582. The molecule has 3 rings (SSSR count). The number of anilines is 1. The number of phenols is 1. The predicted octanol–water partition coefficient (Wildman–Crippen LogP) is 4.58. The maximum Gasteiger partial charge on any atom is 0.414 e. The van der Waals surface area contributed by atoms with Gasteiger partial charge in [0.2, 0.25) is 0 Å². The first-order valence-corrected chi connectivity index (χ1v) is 8.43. The fourth-order valence-electron chi connectivity index (χ4n) is 3.38. The summed E-state index contributed by atoms with van der Waals surface area (Å²) in [5.41, 5.74) is 1.85. The summed E-state index contributed by atoms with van der Waals surface area (Å²) in [6, 6.07) is 5.47. The quantitative estimate of drug-likeness (QED) is 0.876. The van der Waals surface area contributed by atoms with Crippen molar-refractivity contribution in [1.82, 2.24) is 4.98 Å². The molecule has 1 aliphatic rings. The molecular weight excluding hydrogens is 304 g/mol. The van der Waals surface area contributed by atoms with Gasteiger partial charge in [-0.1, -0.05) is 19.4 Å². The van der Waals surface area contributed by atoms with Crippen molar-refractivity contribution in [2.24, 2.45) is 0 Å². The van der Waals surface area contributed by atoms with Crippen LogP contribution in [0.2, 0.25) is 0 Å². The largest absolute Gasteiger partial charge is 0.506 e. The van der Waals surface area contributed by atoms with Crippen molar-refractivity contribution in [2.45, 2.75) is 52.1 Å². The molecule has 0 radical (unpaired) electrons. The molecule has 0 spiro atoms. The van der Waals surface area contributed by atoms with Crippen molar-refractivity contribution >= 4 is 22.7 Å². The Morgan fingerprint density at radius 1 is 1.46 bits per heavy atom. The molecular formula is C19H24N2O3. The Morgan fingerprint density at radius 3 is 2.88 bits per heavy atom. The maximum atomic E-state index is 12.6. The van der Waals surface area contributed by atoms with Crippen LogP contribution in [0.1, 0.15) is 52.0 Å². The summed E-state index contributed by atoms with van der Waals surface area (Å²) in [6.45, 7) is 8.27. The second-order valence-electron chi connectivity index (χ2n) is 7.30. The van der Waals surface area contributed by atoms with Gasteiger partial charge in [0.15, 0.2) is 0 Å². The Hall–Kier alpha value is -2.30. The Bertz CT molecular complexity index is 780. The van der Waals surface area contributed by atoms with Crippen LogP contribution in [0.25, 0.3) is 10.9 Å². The van der Waals surface area contributed by atoms with Crippen LogP contribution in [0.15, 0.2) is 24.4 Å². The number of aromatic nitrogens is 1. The summed E-state index contributed by atoms with van der Waals surface area (Å²) < 4.78 is 5.55. The minimum Gasteiger partial charge on any atom is -0.506 e. The molecule has 0 saturated heterocycles. The Balaban J connectivity index is 2.12. The molecule has 5 heteroatoms. The molecule has 128 valence electrons. The van der Waals surface area contributed by atoms with Crippen molar-refractivity contribution in [3.63, 3.8) is 0 Å². The van der Waals surface area contributed by atoms with E-state index in [1.165, 1.54) is 0 Å². The van der Waals surface area contributed by atoms with Gasteiger partial charge in [-0.2, -0.15) is 0 Å². The van der Waals surface area contributed by atoms with Crippen molar-refractivity contribution in [1.29, 1.82) is 0 Å². The Kier molecular flexibility index (Phi) is 4.11. The van der Waals surface area contributed by atoms with Crippen molar-refractivity contribution in [3.05, 3.63) is 30.0 Å². The normalized spacial score (nSPS) is 17.2. The van der Waals surface area contributed by atoms with Gasteiger partial charge in [-0.25, -0.2) is 4.79 Å². The number of carbonyl (C=O) groups is 1. The molecule has 0 aliphatic carbocycles. The number of aromatic hydroxyl groups is 1. The zero-order valence-corrected chi connectivity index (χ0v) is 14.7. The maximum absolute atomic E-state index is 12.6. The Morgan fingerprint density at radius 2 is 2.21 bits per heavy atom. The lowest BCUT2D eigenvalue weighted by atomic mass is 9.93. The topological polar surface area (TPSA) is 62.7 Å². The molecule has 24 heavy (non-hydrogen) atoms. The zero-order chi connectivity index (χ0) is 17.5. The van der Waals surface area contributed by atoms with E-state index in [1.54, 1.807) is 17.2 Å². The average molecular weight is 328 g/mol. The second-order valence-corrected chi connectivity index (χ2v) is 7.30. The van der Waals surface area contributed by atoms with Crippen molar-refractivity contribution in [3.8, 4) is 5.75 Å². The van der Waals surface area contributed by atoms with E-state index in [-0.39, 0.29) is 17.8 Å². The summed E-state index contributed by atoms with van der Waals surface area (Å²) in [5, 5.41) is 11.3. The molecule has 0 fully saturated rings. The highest BCUT2D eigenvalue weighted by molar-refractivity contribution is 6.00. The number of benzene rings is 1. The van der Waals surface area contributed by atoms with Crippen LogP contribution in [-0.4, -0.2) is 28.3 Å². The molecule has 0 bridgehead atoms. The molecule has 5 nitrogen and oxygen atoms in total. The summed E-state index contributed by atoms with van der Waals surface area (Å²) in [4.78, 5) is 18.6. The molecule has 1 amide bonds. The van der Waals surface area contributed by atoms with E-state index in [1.807, 2.05) is 32.9 Å². The fourth-order valence-corrected chi connectivity index (χ4v) is 3.38. The van der Waals surface area contributed by atoms with Crippen LogP contribution < -0.4 is 4.90 Å². The molecule has 1 N–H and O–H groups in total. The molecule has 2 heterocycles. The van der Waals surface area contributed by atoms with E-state index in [4.69, 9.17) is 4.74 Å². The number of fused-ring (bicyclic) bond motifs is 3. The van der Waals surface area contributed by atoms with Crippen LogP contribution in [0.5, 0.6) is 5.75 Å². The summed E-state index contributed by atoms with van der Waals surface area (Å²) in [6.07, 6.45) is 3.30. The van der Waals surface area contributed by atoms with Crippen LogP contribution in [-0.2, 0) is 4.74 Å². The number of pyridine rings is 1. The van der Waals surface area contributed by atoms with E-state index in [0.717, 1.165) is 29.5 Å². The number of nitrogens with zero attached hydrogens (tertiary/aromatic N) is 2. The number of rotatable bonds is 2. The van der Waals surface area contributed by atoms with Gasteiger partial charge < -0.3 is 9.84 Å². The summed E-state index contributed by atoms with van der Waals surface area (Å²) in [7, 11) is 0. The van der Waals surface area contributed by atoms with Gasteiger partial charge >= 0.3 is 6.09 Å². The molecule has 1 aromatic carbocycles. The standard InChI is InChI=1S/C19H24N2O3/c1-5-7-12-11-21(18(23)24-19(2,3)4)14-10-15(22)17-13(16(12)14)8-6-9-20-17/h6,8-10,12,22H,5,7,11H2,1-4H3. The number of amides is 1. The van der Waals surface area contributed by atoms with Crippen LogP contribution in [0.4, 0.5) is 10.5 Å². The lowest BCUT2D eigenvalue weighted by Gasteiger charge is -2.25. The molecule has 1 aromatic heterocycles. The van der Waals surface area contributed by atoms with Crippen LogP contribution in [0.3, 0.4) is 0 Å². The molecule has 1 atom stereocenters. The molecule has 0 saturated carbocycles. The SMILES string of the molecule is CCCC1CN(C(=O)OC(C)(C)C)c2cc(O)c3ncccc3c21. The van der Waals surface area contributed by atoms with Gasteiger partial charge in [0.25, 0.3) is 0 Å². The van der Waals surface area contributed by atoms with Crippen LogP contribution >= 0.6 is 0 Å². The number of hydrogen-bond acceptors (Lipinski definition) is 4. The molecule has 2 aromatic rings. The molecule has 1 unspecified atom stereocenters. The van der Waals surface area contributed by atoms with Gasteiger partial charge in [0.1, 0.15) is 16.9 Å². The van der Waals surface area contributed by atoms with E-state index in [2.05, 4.69) is 11.9 Å². The van der Waals surface area contributed by atoms with Crippen molar-refractivity contribution in [2.75, 3.05) is 11.4 Å². The summed E-state index contributed by atoms with van der Waals surface area (Å²) >= 11 is 0. The lowest BCUT2D eigenvalue weighted by Crippen LogP contribution is -2.36. The zero-order valence-electron chi connectivity index (χ0n) is 14.7. The third kappa shape index (κ3) is 2.90. The second kappa shape index (κ2) is 5.96. The highest BCUT2D eigenvalue weighted by Gasteiger charge is 2.36. The van der Waals surface area contributed by atoms with E-state index < -0.39 is 5.60 Å². The minimum absolute atomic E-state index is 0.0926. The van der Waals surface area contributed by atoms with E-state index >= 15 is 0 Å². The van der Waals surface area contributed by atoms with Gasteiger partial charge in [-0.3, -0.25) is 9.88 Å². The average Bonchev–Trinajstić information content (AvgIpc) is 2.85. The highest BCUT2D eigenvalue weighted by atomic mass is 16.6. The first-order chi connectivity index (χ1) is 11.3. The smallest absolute Gasteiger partial charge is 0.414 e. The highest BCUT2D eigenvalue weighted by Crippen LogP contribution is 2.46. The predicted molar refractivity (Wildman–Crippen MR) is 94.6 cm³/mol. The van der Waals surface area contributed by atoms with Gasteiger partial charge in [0.05, 0.1) is 5.69 Å². The van der Waals surface area contributed by atoms with E-state index in [9.17, 15) is 9.90 Å². The first-order valence-electron chi connectivity index (χ1n) is 8.43. The molecule has 1 aliphatic heterocycles. The fraction of sp³-hybridized carbons (Fsp3) is 0.474. The number of ether oxygens (including phenoxy) is 1. The third-order valence-corrected chi connectivity index (χ3v) is 4.24. The van der Waals surface area contributed by atoms with Gasteiger partial charge in [-0.15, -0.1) is 0 Å². The third-order valence-electron chi connectivity index (χ3n) is 4.24. The van der Waals surface area contributed by atoms with Crippen LogP contribution in [0, 0.1) is 0 Å². The van der Waals surface area contributed by atoms with Gasteiger partial charge in [-0.05, 0) is 38.8 Å². The number of carbonyl (C=O) groups excluding carboxylic acids is 1. The minimum atomic E-state index is -0.555. The number of phenolic OH excluding ortho intramolecular Hbond substituents is 1. The first kappa shape index (κ1) is 16.6. The van der Waals surface area contributed by atoms with Gasteiger partial charge in [0, 0.05) is 30.1 Å². The monoisotopic (exact) mass is 328 g/mol. The van der Waals surface area contributed by atoms with E-state index in [0.29, 0.717) is 12.1 Å².